The summed E-state index contributed by atoms with van der Waals surface area (Å²) < 4.78 is 32.9. The van der Waals surface area contributed by atoms with Gasteiger partial charge in [0.1, 0.15) is 11.6 Å². The summed E-state index contributed by atoms with van der Waals surface area (Å²) in [4.78, 5) is 16.5. The maximum Gasteiger partial charge on any atom is 0.417 e. The molecule has 7 heteroatoms. The lowest BCUT2D eigenvalue weighted by molar-refractivity contribution is -0.125. The molecular formula is C30H32F2N2O3. The van der Waals surface area contributed by atoms with Gasteiger partial charge < -0.3 is 14.7 Å². The Labute approximate surface area is 216 Å². The largest absolute Gasteiger partial charge is 0.437 e. The van der Waals surface area contributed by atoms with E-state index in [1.165, 1.54) is 29.2 Å². The number of nitrogens with zero attached hydrogens (tertiary/aromatic N) is 2. The minimum absolute atomic E-state index is 0.0354. The van der Waals surface area contributed by atoms with Crippen LogP contribution in [0.1, 0.15) is 49.7 Å². The summed E-state index contributed by atoms with van der Waals surface area (Å²) in [5.41, 5.74) is 0.208. The smallest absolute Gasteiger partial charge is 0.417 e. The molecular weight excluding hydrogens is 474 g/mol. The number of amides is 1. The normalized spacial score (nSPS) is 21.5. The average molecular weight is 507 g/mol. The van der Waals surface area contributed by atoms with Gasteiger partial charge in [-0.3, -0.25) is 0 Å². The van der Waals surface area contributed by atoms with Gasteiger partial charge >= 0.3 is 6.09 Å². The number of carbonyl (C=O) groups excluding carboxylic acids is 1. The molecule has 1 amide bonds. The fourth-order valence-corrected chi connectivity index (χ4v) is 5.77. The molecule has 1 atom stereocenters. The van der Waals surface area contributed by atoms with Crippen LogP contribution in [-0.2, 0) is 4.74 Å². The molecule has 0 radical (unpaired) electrons. The Kier molecular flexibility index (Phi) is 7.01. The lowest BCUT2D eigenvalue weighted by atomic mass is 9.81. The van der Waals surface area contributed by atoms with Crippen LogP contribution in [0.3, 0.4) is 0 Å². The summed E-state index contributed by atoms with van der Waals surface area (Å²) in [6.07, 6.45) is 2.26. The Morgan fingerprint density at radius 1 is 0.892 bits per heavy atom. The average Bonchev–Trinajstić information content (AvgIpc) is 3.08. The Morgan fingerprint density at radius 3 is 1.97 bits per heavy atom. The van der Waals surface area contributed by atoms with Crippen molar-refractivity contribution in [3.8, 4) is 0 Å². The molecule has 3 aromatic rings. The van der Waals surface area contributed by atoms with E-state index in [0.717, 1.165) is 30.5 Å². The molecule has 2 heterocycles. The van der Waals surface area contributed by atoms with E-state index in [4.69, 9.17) is 4.74 Å². The standard InChI is InChI=1S/C30H32F2N2O3/c1-29(36)30(37-28(35)34(29)26-6-3-2-4-7-26)17-20-33(21-18-30)19-5-8-27(22-9-13-24(31)14-10-22)23-11-15-25(32)16-12-23/h2-4,6-7,9-16,27,36H,5,8,17-21H2,1H3. The van der Waals surface area contributed by atoms with E-state index in [1.54, 1.807) is 43.3 Å². The van der Waals surface area contributed by atoms with Crippen molar-refractivity contribution in [1.29, 1.82) is 0 Å². The highest BCUT2D eigenvalue weighted by Crippen LogP contribution is 2.46. The summed E-state index contributed by atoms with van der Waals surface area (Å²) in [5, 5.41) is 11.5. The Morgan fingerprint density at radius 2 is 1.43 bits per heavy atom. The van der Waals surface area contributed by atoms with Gasteiger partial charge in [0.25, 0.3) is 0 Å². The lowest BCUT2D eigenvalue weighted by Gasteiger charge is -2.44. The molecule has 37 heavy (non-hydrogen) atoms. The molecule has 1 unspecified atom stereocenters. The number of hydrogen-bond acceptors (Lipinski definition) is 4. The highest BCUT2D eigenvalue weighted by Gasteiger charge is 2.63. The van der Waals surface area contributed by atoms with Crippen LogP contribution >= 0.6 is 0 Å². The summed E-state index contributed by atoms with van der Waals surface area (Å²) >= 11 is 0. The first kappa shape index (κ1) is 25.4. The summed E-state index contributed by atoms with van der Waals surface area (Å²) in [5.74, 6) is -0.523. The third-order valence-corrected chi connectivity index (χ3v) is 7.95. The van der Waals surface area contributed by atoms with Crippen molar-refractivity contribution in [2.75, 3.05) is 24.5 Å². The van der Waals surface area contributed by atoms with E-state index in [0.29, 0.717) is 31.6 Å². The number of rotatable bonds is 7. The van der Waals surface area contributed by atoms with Crippen LogP contribution in [-0.4, -0.2) is 47.1 Å². The number of carbonyl (C=O) groups is 1. The summed E-state index contributed by atoms with van der Waals surface area (Å²) in [7, 11) is 0. The topological polar surface area (TPSA) is 53.0 Å². The molecule has 2 aliphatic heterocycles. The second-order valence-corrected chi connectivity index (χ2v) is 10.2. The third-order valence-electron chi connectivity index (χ3n) is 7.95. The van der Waals surface area contributed by atoms with Gasteiger partial charge in [-0.05, 0) is 73.8 Å². The Bertz CT molecular complexity index is 1160. The number of likely N-dealkylation sites (tertiary alicyclic amines) is 1. The Balaban J connectivity index is 1.22. The van der Waals surface area contributed by atoms with Crippen LogP contribution in [0.25, 0.3) is 0 Å². The number of ether oxygens (including phenoxy) is 1. The SMILES string of the molecule is CC1(O)N(c2ccccc2)C(=O)OC12CCN(CCCC(c1ccc(F)cc1)c1ccc(F)cc1)CC2. The number of para-hydroxylation sites is 1. The van der Waals surface area contributed by atoms with E-state index in [9.17, 15) is 18.7 Å². The molecule has 3 aromatic carbocycles. The van der Waals surface area contributed by atoms with Gasteiger partial charge in [-0.1, -0.05) is 42.5 Å². The van der Waals surface area contributed by atoms with E-state index < -0.39 is 17.4 Å². The fourth-order valence-electron chi connectivity index (χ4n) is 5.77. The first-order valence-corrected chi connectivity index (χ1v) is 12.8. The van der Waals surface area contributed by atoms with Crippen molar-refractivity contribution >= 4 is 11.8 Å². The van der Waals surface area contributed by atoms with Gasteiger partial charge in [0, 0.05) is 31.8 Å². The molecule has 0 saturated carbocycles. The van der Waals surface area contributed by atoms with E-state index in [1.807, 2.05) is 18.2 Å². The fraction of sp³-hybridized carbons (Fsp3) is 0.367. The molecule has 0 bridgehead atoms. The second-order valence-electron chi connectivity index (χ2n) is 10.2. The molecule has 5 rings (SSSR count). The Hall–Kier alpha value is -3.29. The van der Waals surface area contributed by atoms with E-state index in [2.05, 4.69) is 4.90 Å². The van der Waals surface area contributed by atoms with Crippen LogP contribution in [0, 0.1) is 11.6 Å². The third kappa shape index (κ3) is 4.98. The first-order valence-electron chi connectivity index (χ1n) is 12.8. The van der Waals surface area contributed by atoms with Gasteiger partial charge in [0.15, 0.2) is 11.3 Å². The minimum atomic E-state index is -1.45. The molecule has 1 spiro atoms. The zero-order chi connectivity index (χ0) is 26.0. The predicted molar refractivity (Wildman–Crippen MR) is 138 cm³/mol. The van der Waals surface area contributed by atoms with E-state index >= 15 is 0 Å². The van der Waals surface area contributed by atoms with Crippen molar-refractivity contribution in [3.63, 3.8) is 0 Å². The number of anilines is 1. The number of aliphatic hydroxyl groups is 1. The van der Waals surface area contributed by atoms with Crippen molar-refractivity contribution < 1.29 is 23.4 Å². The van der Waals surface area contributed by atoms with Crippen molar-refractivity contribution in [2.45, 2.75) is 49.9 Å². The van der Waals surface area contributed by atoms with Crippen LogP contribution in [0.5, 0.6) is 0 Å². The molecule has 2 aliphatic rings. The number of benzene rings is 3. The molecule has 0 aliphatic carbocycles. The molecule has 2 saturated heterocycles. The predicted octanol–water partition coefficient (Wildman–Crippen LogP) is 6.08. The summed E-state index contributed by atoms with van der Waals surface area (Å²) in [6.45, 7) is 3.90. The van der Waals surface area contributed by atoms with Crippen LogP contribution < -0.4 is 4.90 Å². The van der Waals surface area contributed by atoms with Crippen molar-refractivity contribution in [3.05, 3.63) is 102 Å². The monoisotopic (exact) mass is 506 g/mol. The van der Waals surface area contributed by atoms with Crippen molar-refractivity contribution in [2.24, 2.45) is 0 Å². The molecule has 194 valence electrons. The maximum atomic E-state index is 13.5. The zero-order valence-corrected chi connectivity index (χ0v) is 20.9. The first-order chi connectivity index (χ1) is 17.8. The zero-order valence-electron chi connectivity index (χ0n) is 20.9. The van der Waals surface area contributed by atoms with Crippen LogP contribution in [0.2, 0.25) is 0 Å². The molecule has 0 aromatic heterocycles. The number of hydrogen-bond donors (Lipinski definition) is 1. The van der Waals surface area contributed by atoms with Crippen molar-refractivity contribution in [1.82, 2.24) is 4.90 Å². The highest BCUT2D eigenvalue weighted by atomic mass is 19.1. The minimum Gasteiger partial charge on any atom is -0.437 e. The lowest BCUT2D eigenvalue weighted by Crippen LogP contribution is -2.60. The van der Waals surface area contributed by atoms with Gasteiger partial charge in [-0.2, -0.15) is 0 Å². The maximum absolute atomic E-state index is 13.5. The molecule has 2 fully saturated rings. The van der Waals surface area contributed by atoms with E-state index in [-0.39, 0.29) is 17.6 Å². The summed E-state index contributed by atoms with van der Waals surface area (Å²) in [6, 6.07) is 22.1. The van der Waals surface area contributed by atoms with Gasteiger partial charge in [-0.15, -0.1) is 0 Å². The molecule has 1 N–H and O–H groups in total. The second kappa shape index (κ2) is 10.2. The van der Waals surface area contributed by atoms with Gasteiger partial charge in [0.2, 0.25) is 0 Å². The molecule has 5 nitrogen and oxygen atoms in total. The van der Waals surface area contributed by atoms with Crippen LogP contribution in [0.15, 0.2) is 78.9 Å². The number of piperidine rings is 1. The van der Waals surface area contributed by atoms with Gasteiger partial charge in [-0.25, -0.2) is 18.5 Å². The van der Waals surface area contributed by atoms with Crippen LogP contribution in [0.4, 0.5) is 19.3 Å². The number of halogens is 2. The quantitative estimate of drug-likeness (QED) is 0.422. The van der Waals surface area contributed by atoms with Gasteiger partial charge in [0.05, 0.1) is 5.69 Å². The highest BCUT2D eigenvalue weighted by molar-refractivity contribution is 5.92.